The van der Waals surface area contributed by atoms with E-state index in [1.54, 1.807) is 24.3 Å². The van der Waals surface area contributed by atoms with Crippen molar-refractivity contribution in [1.29, 1.82) is 5.26 Å². The lowest BCUT2D eigenvalue weighted by Gasteiger charge is -2.11. The molecule has 1 unspecified atom stereocenters. The average Bonchev–Trinajstić information content (AvgIpc) is 2.44. The Labute approximate surface area is 124 Å². The van der Waals surface area contributed by atoms with E-state index in [0.717, 1.165) is 0 Å². The van der Waals surface area contributed by atoms with Crippen molar-refractivity contribution in [2.24, 2.45) is 0 Å². The van der Waals surface area contributed by atoms with Gasteiger partial charge in [0.05, 0.1) is 11.8 Å². The third-order valence-electron chi connectivity index (χ3n) is 2.71. The predicted octanol–water partition coefficient (Wildman–Crippen LogP) is 3.83. The monoisotopic (exact) mass is 332 g/mol. The Bertz CT molecular complexity index is 667. The summed E-state index contributed by atoms with van der Waals surface area (Å²) < 4.78 is 13.4. The van der Waals surface area contributed by atoms with Crippen LogP contribution in [0.5, 0.6) is 0 Å². The van der Waals surface area contributed by atoms with E-state index in [-0.39, 0.29) is 0 Å². The lowest BCUT2D eigenvalue weighted by atomic mass is 10.00. The van der Waals surface area contributed by atoms with Crippen LogP contribution in [0.3, 0.4) is 0 Å². The van der Waals surface area contributed by atoms with E-state index in [1.807, 2.05) is 12.1 Å². The molecule has 20 heavy (non-hydrogen) atoms. The Morgan fingerprint density at radius 1 is 1.25 bits per heavy atom. The van der Waals surface area contributed by atoms with E-state index in [1.165, 1.54) is 18.2 Å². The minimum atomic E-state index is -0.909. The molecule has 2 aromatic carbocycles. The maximum Gasteiger partial charge on any atom is 0.246 e. The zero-order chi connectivity index (χ0) is 14.5. The third kappa shape index (κ3) is 3.22. The zero-order valence-corrected chi connectivity index (χ0v) is 11.9. The Morgan fingerprint density at radius 2 is 1.95 bits per heavy atom. The quantitative estimate of drug-likeness (QED) is 0.928. The van der Waals surface area contributed by atoms with Crippen LogP contribution in [-0.2, 0) is 4.79 Å². The molecule has 0 radical (unpaired) electrons. The first kappa shape index (κ1) is 14.2. The first-order chi connectivity index (χ1) is 9.61. The maximum absolute atomic E-state index is 13.0. The molecule has 0 spiro atoms. The fourth-order valence-corrected chi connectivity index (χ4v) is 2.18. The summed E-state index contributed by atoms with van der Waals surface area (Å²) in [4.78, 5) is 12.1. The number of hydrogen-bond acceptors (Lipinski definition) is 2. The first-order valence-electron chi connectivity index (χ1n) is 5.82. The molecule has 1 atom stereocenters. The van der Waals surface area contributed by atoms with Gasteiger partial charge < -0.3 is 5.32 Å². The lowest BCUT2D eigenvalue weighted by Crippen LogP contribution is -2.20. The fraction of sp³-hybridized carbons (Fsp3) is 0.0667. The van der Waals surface area contributed by atoms with Gasteiger partial charge in [0.25, 0.3) is 0 Å². The highest BCUT2D eigenvalue weighted by Gasteiger charge is 2.20. The molecule has 1 amide bonds. The number of nitriles is 1. The molecule has 100 valence electrons. The van der Waals surface area contributed by atoms with Crippen LogP contribution in [-0.4, -0.2) is 5.91 Å². The van der Waals surface area contributed by atoms with E-state index >= 15 is 0 Å². The van der Waals surface area contributed by atoms with Crippen LogP contribution in [0.15, 0.2) is 53.0 Å². The van der Waals surface area contributed by atoms with E-state index < -0.39 is 17.6 Å². The predicted molar refractivity (Wildman–Crippen MR) is 77.5 cm³/mol. The molecule has 0 bridgehead atoms. The molecule has 5 heteroatoms. The van der Waals surface area contributed by atoms with Gasteiger partial charge in [-0.25, -0.2) is 4.39 Å². The fourth-order valence-electron chi connectivity index (χ4n) is 1.73. The molecule has 0 saturated heterocycles. The van der Waals surface area contributed by atoms with E-state index in [9.17, 15) is 9.18 Å². The number of halogens is 2. The molecule has 1 N–H and O–H groups in total. The van der Waals surface area contributed by atoms with Crippen LogP contribution in [0.1, 0.15) is 11.5 Å². The van der Waals surface area contributed by atoms with Gasteiger partial charge in [-0.1, -0.05) is 30.3 Å². The summed E-state index contributed by atoms with van der Waals surface area (Å²) in [5, 5.41) is 11.8. The number of carbonyl (C=O) groups is 1. The number of nitrogens with zero attached hydrogens (tertiary/aromatic N) is 1. The summed E-state index contributed by atoms with van der Waals surface area (Å²) in [5.74, 6) is -1.77. The Morgan fingerprint density at radius 3 is 2.55 bits per heavy atom. The minimum Gasteiger partial charge on any atom is -0.324 e. The van der Waals surface area contributed by atoms with Crippen LogP contribution >= 0.6 is 15.9 Å². The van der Waals surface area contributed by atoms with Crippen molar-refractivity contribution >= 4 is 27.5 Å². The second kappa shape index (κ2) is 6.31. The molecule has 0 aromatic heterocycles. The number of rotatable bonds is 3. The number of amides is 1. The normalized spacial score (nSPS) is 11.4. The standard InChI is InChI=1S/C15H10BrFN2O/c16-13-8-11(17)6-7-14(13)19-15(20)12(9-18)10-4-2-1-3-5-10/h1-8,12H,(H,19,20). The van der Waals surface area contributed by atoms with Gasteiger partial charge in [0.15, 0.2) is 5.92 Å². The molecule has 0 fully saturated rings. The molecule has 0 aliphatic carbocycles. The van der Waals surface area contributed by atoms with Crippen molar-refractivity contribution in [3.63, 3.8) is 0 Å². The van der Waals surface area contributed by atoms with Crippen LogP contribution in [0.4, 0.5) is 10.1 Å². The number of benzene rings is 2. The highest BCUT2D eigenvalue weighted by Crippen LogP contribution is 2.25. The smallest absolute Gasteiger partial charge is 0.246 e. The van der Waals surface area contributed by atoms with Crippen molar-refractivity contribution in [2.45, 2.75) is 5.92 Å². The minimum absolute atomic E-state index is 0.408. The van der Waals surface area contributed by atoms with Crippen LogP contribution in [0.2, 0.25) is 0 Å². The first-order valence-corrected chi connectivity index (χ1v) is 6.61. The molecule has 3 nitrogen and oxygen atoms in total. The van der Waals surface area contributed by atoms with Gasteiger partial charge in [0.2, 0.25) is 5.91 Å². The number of hydrogen-bond donors (Lipinski definition) is 1. The average molecular weight is 333 g/mol. The van der Waals surface area contributed by atoms with Crippen LogP contribution in [0, 0.1) is 17.1 Å². The second-order valence-electron chi connectivity index (χ2n) is 4.09. The van der Waals surface area contributed by atoms with Gasteiger partial charge in [-0.05, 0) is 39.7 Å². The molecular weight excluding hydrogens is 323 g/mol. The second-order valence-corrected chi connectivity index (χ2v) is 4.94. The number of nitrogens with one attached hydrogen (secondary N) is 1. The summed E-state index contributed by atoms with van der Waals surface area (Å²) >= 11 is 3.17. The zero-order valence-electron chi connectivity index (χ0n) is 10.3. The molecule has 2 aromatic rings. The maximum atomic E-state index is 13.0. The SMILES string of the molecule is N#CC(C(=O)Nc1ccc(F)cc1Br)c1ccccc1. The van der Waals surface area contributed by atoms with Crippen molar-refractivity contribution < 1.29 is 9.18 Å². The summed E-state index contributed by atoms with van der Waals surface area (Å²) in [6.45, 7) is 0. The van der Waals surface area contributed by atoms with Crippen molar-refractivity contribution in [2.75, 3.05) is 5.32 Å². The van der Waals surface area contributed by atoms with Crippen LogP contribution < -0.4 is 5.32 Å². The molecule has 0 heterocycles. The molecular formula is C15H10BrFN2O. The lowest BCUT2D eigenvalue weighted by molar-refractivity contribution is -0.116. The van der Waals surface area contributed by atoms with E-state index in [0.29, 0.717) is 15.7 Å². The van der Waals surface area contributed by atoms with Crippen molar-refractivity contribution in [3.05, 3.63) is 64.4 Å². The summed E-state index contributed by atoms with van der Waals surface area (Å²) in [6, 6.07) is 14.7. The Balaban J connectivity index is 2.21. The van der Waals surface area contributed by atoms with Gasteiger partial charge in [-0.15, -0.1) is 0 Å². The molecule has 2 rings (SSSR count). The van der Waals surface area contributed by atoms with Crippen LogP contribution in [0.25, 0.3) is 0 Å². The van der Waals surface area contributed by atoms with Gasteiger partial charge in [0, 0.05) is 4.47 Å². The molecule has 0 aliphatic rings. The summed E-state index contributed by atoms with van der Waals surface area (Å²) in [5.41, 5.74) is 1.04. The Hall–Kier alpha value is -2.19. The summed E-state index contributed by atoms with van der Waals surface area (Å²) in [6.07, 6.45) is 0. The largest absolute Gasteiger partial charge is 0.324 e. The number of anilines is 1. The van der Waals surface area contributed by atoms with Gasteiger partial charge in [-0.3, -0.25) is 4.79 Å². The van der Waals surface area contributed by atoms with E-state index in [2.05, 4.69) is 21.2 Å². The molecule has 0 saturated carbocycles. The van der Waals surface area contributed by atoms with Gasteiger partial charge >= 0.3 is 0 Å². The van der Waals surface area contributed by atoms with E-state index in [4.69, 9.17) is 5.26 Å². The van der Waals surface area contributed by atoms with Crippen molar-refractivity contribution in [1.82, 2.24) is 0 Å². The van der Waals surface area contributed by atoms with Gasteiger partial charge in [0.1, 0.15) is 5.82 Å². The topological polar surface area (TPSA) is 52.9 Å². The molecule has 0 aliphatic heterocycles. The van der Waals surface area contributed by atoms with Gasteiger partial charge in [-0.2, -0.15) is 5.26 Å². The number of carbonyl (C=O) groups excluding carboxylic acids is 1. The summed E-state index contributed by atoms with van der Waals surface area (Å²) in [7, 11) is 0. The Kier molecular flexibility index (Phi) is 4.49. The highest BCUT2D eigenvalue weighted by molar-refractivity contribution is 9.10. The third-order valence-corrected chi connectivity index (χ3v) is 3.37. The highest BCUT2D eigenvalue weighted by atomic mass is 79.9. The van der Waals surface area contributed by atoms with Crippen molar-refractivity contribution in [3.8, 4) is 6.07 Å².